The summed E-state index contributed by atoms with van der Waals surface area (Å²) < 4.78 is 5.19. The second-order valence-corrected chi connectivity index (χ2v) is 4.67. The standard InChI is InChI=1S/C13H19NO4/c1-8(2)10-6-7-18-12(10)13(17)14-9(3)4-5-11(15)16/h6-9H,4-5H2,1-3H3,(H,14,17)(H,15,16). The van der Waals surface area contributed by atoms with Gasteiger partial charge in [-0.25, -0.2) is 0 Å². The van der Waals surface area contributed by atoms with Gasteiger partial charge in [0.25, 0.3) is 5.91 Å². The molecule has 0 saturated heterocycles. The Hall–Kier alpha value is -1.78. The Morgan fingerprint density at radius 2 is 2.06 bits per heavy atom. The number of carboxylic acids is 1. The number of hydrogen-bond acceptors (Lipinski definition) is 3. The lowest BCUT2D eigenvalue weighted by molar-refractivity contribution is -0.137. The molecule has 2 N–H and O–H groups in total. The Morgan fingerprint density at radius 1 is 1.39 bits per heavy atom. The van der Waals surface area contributed by atoms with Crippen LogP contribution in [0.1, 0.15) is 55.6 Å². The third-order valence-corrected chi connectivity index (χ3v) is 2.69. The largest absolute Gasteiger partial charge is 0.481 e. The first-order valence-corrected chi connectivity index (χ1v) is 6.01. The van der Waals surface area contributed by atoms with E-state index in [1.54, 1.807) is 13.0 Å². The molecule has 5 nitrogen and oxygen atoms in total. The van der Waals surface area contributed by atoms with Crippen molar-refractivity contribution in [2.24, 2.45) is 0 Å². The molecule has 5 heteroatoms. The van der Waals surface area contributed by atoms with Gasteiger partial charge in [0.1, 0.15) is 0 Å². The Morgan fingerprint density at radius 3 is 2.61 bits per heavy atom. The van der Waals surface area contributed by atoms with Crippen LogP contribution in [0.2, 0.25) is 0 Å². The molecule has 1 unspecified atom stereocenters. The van der Waals surface area contributed by atoms with Gasteiger partial charge in [-0.2, -0.15) is 0 Å². The van der Waals surface area contributed by atoms with Crippen LogP contribution in [-0.2, 0) is 4.79 Å². The highest BCUT2D eigenvalue weighted by atomic mass is 16.4. The third-order valence-electron chi connectivity index (χ3n) is 2.69. The molecule has 0 saturated carbocycles. The van der Waals surface area contributed by atoms with E-state index in [1.807, 2.05) is 13.8 Å². The van der Waals surface area contributed by atoms with Crippen molar-refractivity contribution in [2.75, 3.05) is 0 Å². The Balaban J connectivity index is 2.59. The highest BCUT2D eigenvalue weighted by Crippen LogP contribution is 2.20. The average Bonchev–Trinajstić information content (AvgIpc) is 2.75. The molecule has 0 aliphatic heterocycles. The minimum absolute atomic E-state index is 0.0383. The number of carboxylic acid groups (broad SMARTS) is 1. The van der Waals surface area contributed by atoms with Crippen molar-refractivity contribution < 1.29 is 19.1 Å². The number of nitrogens with one attached hydrogen (secondary N) is 1. The topological polar surface area (TPSA) is 79.5 Å². The van der Waals surface area contributed by atoms with E-state index in [0.717, 1.165) is 5.56 Å². The van der Waals surface area contributed by atoms with Crippen molar-refractivity contribution in [3.63, 3.8) is 0 Å². The van der Waals surface area contributed by atoms with E-state index < -0.39 is 5.97 Å². The van der Waals surface area contributed by atoms with Crippen molar-refractivity contribution in [2.45, 2.75) is 45.6 Å². The zero-order valence-electron chi connectivity index (χ0n) is 10.9. The summed E-state index contributed by atoms with van der Waals surface area (Å²) in [5.41, 5.74) is 0.859. The number of hydrogen-bond donors (Lipinski definition) is 2. The number of carbonyl (C=O) groups excluding carboxylic acids is 1. The van der Waals surface area contributed by atoms with Crippen LogP contribution in [0.3, 0.4) is 0 Å². The predicted octanol–water partition coefficient (Wildman–Crippen LogP) is 2.39. The van der Waals surface area contributed by atoms with Crippen LogP contribution in [0.4, 0.5) is 0 Å². The summed E-state index contributed by atoms with van der Waals surface area (Å²) in [5, 5.41) is 11.3. The lowest BCUT2D eigenvalue weighted by atomic mass is 10.0. The SMILES string of the molecule is CC(CCC(=O)O)NC(=O)c1occc1C(C)C. The van der Waals surface area contributed by atoms with Gasteiger partial charge >= 0.3 is 5.97 Å². The second-order valence-electron chi connectivity index (χ2n) is 4.67. The van der Waals surface area contributed by atoms with E-state index >= 15 is 0 Å². The van der Waals surface area contributed by atoms with E-state index in [1.165, 1.54) is 6.26 Å². The molecule has 1 atom stereocenters. The summed E-state index contributed by atoms with van der Waals surface area (Å²) in [6, 6.07) is 1.58. The van der Waals surface area contributed by atoms with Crippen LogP contribution >= 0.6 is 0 Å². The van der Waals surface area contributed by atoms with Gasteiger partial charge in [-0.05, 0) is 25.3 Å². The van der Waals surface area contributed by atoms with E-state index in [4.69, 9.17) is 9.52 Å². The molecule has 0 aliphatic rings. The maximum Gasteiger partial charge on any atom is 0.303 e. The molecule has 1 aromatic heterocycles. The molecule has 0 fully saturated rings. The highest BCUT2D eigenvalue weighted by molar-refractivity contribution is 5.93. The number of furan rings is 1. The maximum absolute atomic E-state index is 11.9. The summed E-state index contributed by atoms with van der Waals surface area (Å²) in [6.45, 7) is 5.74. The van der Waals surface area contributed by atoms with Crippen LogP contribution in [0, 0.1) is 0 Å². The van der Waals surface area contributed by atoms with Crippen molar-refractivity contribution in [3.8, 4) is 0 Å². The van der Waals surface area contributed by atoms with Gasteiger partial charge in [0, 0.05) is 18.0 Å². The molecule has 100 valence electrons. The van der Waals surface area contributed by atoms with E-state index in [2.05, 4.69) is 5.32 Å². The fourth-order valence-electron chi connectivity index (χ4n) is 1.66. The zero-order valence-corrected chi connectivity index (χ0v) is 10.9. The molecule has 1 heterocycles. The fraction of sp³-hybridized carbons (Fsp3) is 0.538. The second kappa shape index (κ2) is 6.23. The van der Waals surface area contributed by atoms with Gasteiger partial charge in [-0.15, -0.1) is 0 Å². The van der Waals surface area contributed by atoms with Crippen molar-refractivity contribution in [3.05, 3.63) is 23.7 Å². The minimum Gasteiger partial charge on any atom is -0.481 e. The molecular weight excluding hydrogens is 234 g/mol. The van der Waals surface area contributed by atoms with Crippen LogP contribution in [-0.4, -0.2) is 23.0 Å². The lowest BCUT2D eigenvalue weighted by Gasteiger charge is -2.13. The quantitative estimate of drug-likeness (QED) is 0.815. The first kappa shape index (κ1) is 14.3. The highest BCUT2D eigenvalue weighted by Gasteiger charge is 2.19. The summed E-state index contributed by atoms with van der Waals surface area (Å²) in [4.78, 5) is 22.4. The first-order chi connectivity index (χ1) is 8.41. The van der Waals surface area contributed by atoms with Gasteiger partial charge in [0.05, 0.1) is 6.26 Å². The lowest BCUT2D eigenvalue weighted by Crippen LogP contribution is -2.33. The van der Waals surface area contributed by atoms with Gasteiger partial charge in [-0.3, -0.25) is 9.59 Å². The maximum atomic E-state index is 11.9. The fourth-order valence-corrected chi connectivity index (χ4v) is 1.66. The van der Waals surface area contributed by atoms with Crippen LogP contribution in [0.15, 0.2) is 16.7 Å². The van der Waals surface area contributed by atoms with Gasteiger partial charge in [0.15, 0.2) is 5.76 Å². The van der Waals surface area contributed by atoms with Crippen molar-refractivity contribution in [1.82, 2.24) is 5.32 Å². The summed E-state index contributed by atoms with van der Waals surface area (Å²) in [6.07, 6.45) is 1.93. The normalized spacial score (nSPS) is 12.4. The van der Waals surface area contributed by atoms with Crippen LogP contribution in [0.5, 0.6) is 0 Å². The molecule has 0 aliphatic carbocycles. The van der Waals surface area contributed by atoms with Crippen LogP contribution < -0.4 is 5.32 Å². The average molecular weight is 253 g/mol. The molecule has 1 rings (SSSR count). The molecule has 18 heavy (non-hydrogen) atoms. The molecule has 0 bridgehead atoms. The Bertz CT molecular complexity index is 422. The first-order valence-electron chi connectivity index (χ1n) is 6.01. The van der Waals surface area contributed by atoms with Crippen LogP contribution in [0.25, 0.3) is 0 Å². The molecule has 0 aromatic carbocycles. The summed E-state index contributed by atoms with van der Waals surface area (Å²) >= 11 is 0. The molecule has 0 radical (unpaired) electrons. The number of aliphatic carboxylic acids is 1. The van der Waals surface area contributed by atoms with E-state index in [-0.39, 0.29) is 24.3 Å². The van der Waals surface area contributed by atoms with Gasteiger partial charge < -0.3 is 14.8 Å². The van der Waals surface area contributed by atoms with Gasteiger partial charge in [0.2, 0.25) is 0 Å². The summed E-state index contributed by atoms with van der Waals surface area (Å²) in [7, 11) is 0. The number of amides is 1. The van der Waals surface area contributed by atoms with Gasteiger partial charge in [-0.1, -0.05) is 13.8 Å². The van der Waals surface area contributed by atoms with E-state index in [0.29, 0.717) is 12.2 Å². The minimum atomic E-state index is -0.864. The monoisotopic (exact) mass is 253 g/mol. The van der Waals surface area contributed by atoms with Crippen molar-refractivity contribution >= 4 is 11.9 Å². The number of carbonyl (C=O) groups is 2. The summed E-state index contributed by atoms with van der Waals surface area (Å²) in [5.74, 6) is -0.635. The molecule has 1 aromatic rings. The number of rotatable bonds is 6. The Labute approximate surface area is 106 Å². The zero-order chi connectivity index (χ0) is 13.7. The molecular formula is C13H19NO4. The smallest absolute Gasteiger partial charge is 0.303 e. The molecule has 0 spiro atoms. The Kier molecular flexibility index (Phi) is 4.95. The third kappa shape index (κ3) is 3.91. The molecule has 1 amide bonds. The predicted molar refractivity (Wildman–Crippen MR) is 66.6 cm³/mol. The van der Waals surface area contributed by atoms with Crippen molar-refractivity contribution in [1.29, 1.82) is 0 Å². The van der Waals surface area contributed by atoms with E-state index in [9.17, 15) is 9.59 Å².